The van der Waals surface area contributed by atoms with Gasteiger partial charge < -0.3 is 15.2 Å². The molecule has 2 N–H and O–H groups in total. The van der Waals surface area contributed by atoms with Crippen molar-refractivity contribution in [3.8, 4) is 5.75 Å². The molecule has 5 nitrogen and oxygen atoms in total. The zero-order valence-electron chi connectivity index (χ0n) is 20.5. The number of hydrogen-bond acceptors (Lipinski definition) is 4. The molecule has 1 aromatic heterocycles. The number of benzene rings is 1. The normalized spacial score (nSPS) is 26.1. The van der Waals surface area contributed by atoms with Gasteiger partial charge in [0.15, 0.2) is 0 Å². The van der Waals surface area contributed by atoms with Crippen molar-refractivity contribution in [2.45, 2.75) is 76.9 Å². The van der Waals surface area contributed by atoms with E-state index in [4.69, 9.17) is 4.74 Å². The topological polar surface area (TPSA) is 71.5 Å². The van der Waals surface area contributed by atoms with Gasteiger partial charge >= 0.3 is 18.3 Å². The Morgan fingerprint density at radius 1 is 1.08 bits per heavy atom. The molecule has 2 aliphatic rings. The van der Waals surface area contributed by atoms with Gasteiger partial charge in [-0.25, -0.2) is 0 Å². The lowest BCUT2D eigenvalue weighted by Gasteiger charge is -2.50. The summed E-state index contributed by atoms with van der Waals surface area (Å²) in [6, 6.07) is 5.52. The minimum Gasteiger partial charge on any atom is -0.490 e. The molecular weight excluding hydrogens is 502 g/mol. The highest BCUT2D eigenvalue weighted by Gasteiger charge is 2.51. The second-order valence-corrected chi connectivity index (χ2v) is 10.6. The van der Waals surface area contributed by atoms with Crippen LogP contribution in [0.4, 0.5) is 26.3 Å². The fourth-order valence-corrected chi connectivity index (χ4v) is 5.51. The fourth-order valence-electron chi connectivity index (χ4n) is 5.51. The van der Waals surface area contributed by atoms with Crippen LogP contribution in [0.2, 0.25) is 0 Å². The van der Waals surface area contributed by atoms with E-state index in [9.17, 15) is 36.2 Å². The Morgan fingerprint density at radius 2 is 1.76 bits per heavy atom. The van der Waals surface area contributed by atoms with Gasteiger partial charge in [-0.2, -0.15) is 26.3 Å². The van der Waals surface area contributed by atoms with Crippen LogP contribution in [0.1, 0.15) is 57.2 Å². The summed E-state index contributed by atoms with van der Waals surface area (Å²) in [6.45, 7) is 4.27. The highest BCUT2D eigenvalue weighted by atomic mass is 19.4. The summed E-state index contributed by atoms with van der Waals surface area (Å²) in [5, 5.41) is 12.4. The molecule has 4 rings (SSSR count). The Balaban J connectivity index is 1.45. The first-order valence-corrected chi connectivity index (χ1v) is 12.4. The van der Waals surface area contributed by atoms with Crippen LogP contribution in [0.15, 0.2) is 24.3 Å². The number of ether oxygens (including phenoxy) is 1. The summed E-state index contributed by atoms with van der Waals surface area (Å²) in [5.74, 6) is -3.08. The molecule has 37 heavy (non-hydrogen) atoms. The molecule has 1 heterocycles. The van der Waals surface area contributed by atoms with Crippen LogP contribution in [-0.2, 0) is 17.4 Å². The highest BCUT2D eigenvalue weighted by Crippen LogP contribution is 2.46. The van der Waals surface area contributed by atoms with Crippen LogP contribution in [0.5, 0.6) is 5.75 Å². The third-order valence-electron chi connectivity index (χ3n) is 7.94. The first-order valence-electron chi connectivity index (χ1n) is 12.4. The van der Waals surface area contributed by atoms with E-state index in [1.54, 1.807) is 0 Å². The van der Waals surface area contributed by atoms with Crippen LogP contribution in [0.3, 0.4) is 0 Å². The lowest BCUT2D eigenvalue weighted by molar-refractivity contribution is -0.185. The third-order valence-corrected chi connectivity index (χ3v) is 7.94. The molecule has 204 valence electrons. The van der Waals surface area contributed by atoms with E-state index in [2.05, 4.69) is 10.3 Å². The molecule has 0 amide bonds. The largest absolute Gasteiger partial charge is 0.490 e. The summed E-state index contributed by atoms with van der Waals surface area (Å²) in [7, 11) is 0. The van der Waals surface area contributed by atoms with Crippen LogP contribution >= 0.6 is 0 Å². The quantitative estimate of drug-likeness (QED) is 0.405. The number of aromatic nitrogens is 1. The number of alkyl halides is 6. The van der Waals surface area contributed by atoms with Crippen molar-refractivity contribution >= 4 is 16.9 Å². The SMILES string of the molecule is CC1(C)C(NCCc2ccc3c(C(F)(F)F)c(OC4CCC(C(F)(F)F)CC4)ccc3n2)CC1C(=O)O. The summed E-state index contributed by atoms with van der Waals surface area (Å²) in [4.78, 5) is 15.7. The van der Waals surface area contributed by atoms with Crippen molar-refractivity contribution in [2.75, 3.05) is 6.54 Å². The minimum absolute atomic E-state index is 0.0248. The molecule has 0 aliphatic heterocycles. The number of aliphatic carboxylic acids is 1. The van der Waals surface area contributed by atoms with Crippen molar-refractivity contribution in [2.24, 2.45) is 17.3 Å². The number of nitrogens with zero attached hydrogens (tertiary/aromatic N) is 1. The van der Waals surface area contributed by atoms with E-state index in [0.717, 1.165) is 0 Å². The maximum absolute atomic E-state index is 14.0. The third kappa shape index (κ3) is 5.81. The van der Waals surface area contributed by atoms with Gasteiger partial charge in [0.1, 0.15) is 11.3 Å². The van der Waals surface area contributed by atoms with E-state index in [-0.39, 0.29) is 42.6 Å². The zero-order chi connectivity index (χ0) is 27.2. The van der Waals surface area contributed by atoms with E-state index in [1.165, 1.54) is 24.3 Å². The van der Waals surface area contributed by atoms with E-state index in [1.807, 2.05) is 13.8 Å². The molecule has 2 aromatic rings. The Labute approximate surface area is 210 Å². The van der Waals surface area contributed by atoms with Crippen molar-refractivity contribution in [1.29, 1.82) is 0 Å². The number of halogens is 6. The fraction of sp³-hybridized carbons (Fsp3) is 0.615. The Morgan fingerprint density at radius 3 is 2.32 bits per heavy atom. The maximum Gasteiger partial charge on any atom is 0.420 e. The molecule has 0 spiro atoms. The predicted molar refractivity (Wildman–Crippen MR) is 124 cm³/mol. The van der Waals surface area contributed by atoms with E-state index < -0.39 is 53.0 Å². The molecule has 2 fully saturated rings. The van der Waals surface area contributed by atoms with Crippen LogP contribution in [-0.4, -0.2) is 40.9 Å². The van der Waals surface area contributed by atoms with E-state index >= 15 is 0 Å². The summed E-state index contributed by atoms with van der Waals surface area (Å²) in [5.41, 5.74) is -0.643. The van der Waals surface area contributed by atoms with Crippen molar-refractivity contribution in [1.82, 2.24) is 10.3 Å². The van der Waals surface area contributed by atoms with Gasteiger partial charge in [-0.1, -0.05) is 19.9 Å². The second kappa shape index (κ2) is 9.96. The lowest BCUT2D eigenvalue weighted by Crippen LogP contribution is -2.59. The molecule has 1 aromatic carbocycles. The van der Waals surface area contributed by atoms with Gasteiger partial charge in [-0.3, -0.25) is 9.78 Å². The first kappa shape index (κ1) is 27.5. The van der Waals surface area contributed by atoms with Crippen molar-refractivity contribution < 1.29 is 41.0 Å². The van der Waals surface area contributed by atoms with Gasteiger partial charge in [0.2, 0.25) is 0 Å². The molecule has 11 heteroatoms. The van der Waals surface area contributed by atoms with Crippen LogP contribution in [0.25, 0.3) is 10.9 Å². The minimum atomic E-state index is -4.74. The average Bonchev–Trinajstić information content (AvgIpc) is 2.79. The van der Waals surface area contributed by atoms with Gasteiger partial charge in [0.25, 0.3) is 0 Å². The molecule has 0 bridgehead atoms. The number of nitrogens with one attached hydrogen (secondary N) is 1. The Kier molecular flexibility index (Phi) is 7.40. The van der Waals surface area contributed by atoms with E-state index in [0.29, 0.717) is 25.1 Å². The molecule has 2 unspecified atom stereocenters. The van der Waals surface area contributed by atoms with Gasteiger partial charge in [0.05, 0.1) is 23.5 Å². The number of carboxylic acids is 1. The zero-order valence-corrected chi connectivity index (χ0v) is 20.5. The molecule has 2 saturated carbocycles. The number of pyridine rings is 1. The number of carboxylic acid groups (broad SMARTS) is 1. The standard InChI is InChI=1S/C26H30F6N2O3/c1-24(2)18(23(35)36)13-21(24)33-12-11-15-5-8-17-19(34-15)9-10-20(22(17)26(30,31)32)37-16-6-3-14(4-7-16)25(27,28)29/h5,8-10,14,16,18,21,33H,3-4,6-7,11-13H2,1-2H3,(H,35,36). The predicted octanol–water partition coefficient (Wildman–Crippen LogP) is 6.38. The van der Waals surface area contributed by atoms with Crippen molar-refractivity contribution in [3.05, 3.63) is 35.5 Å². The molecule has 2 atom stereocenters. The molecular formula is C26H30F6N2O3. The maximum atomic E-state index is 14.0. The number of fused-ring (bicyclic) bond motifs is 1. The van der Waals surface area contributed by atoms with Crippen LogP contribution < -0.4 is 10.1 Å². The number of carbonyl (C=O) groups is 1. The van der Waals surface area contributed by atoms with Gasteiger partial charge in [0, 0.05) is 30.1 Å². The molecule has 0 saturated heterocycles. The average molecular weight is 533 g/mol. The van der Waals surface area contributed by atoms with Crippen molar-refractivity contribution in [3.63, 3.8) is 0 Å². The number of hydrogen-bond donors (Lipinski definition) is 2. The van der Waals surface area contributed by atoms with Gasteiger partial charge in [-0.15, -0.1) is 0 Å². The summed E-state index contributed by atoms with van der Waals surface area (Å²) in [6.07, 6.45) is -9.06. The smallest absolute Gasteiger partial charge is 0.420 e. The Hall–Kier alpha value is -2.56. The molecule has 0 radical (unpaired) electrons. The first-order chi connectivity index (χ1) is 17.2. The van der Waals surface area contributed by atoms with Crippen LogP contribution in [0, 0.1) is 17.3 Å². The Bertz CT molecular complexity index is 1140. The highest BCUT2D eigenvalue weighted by molar-refractivity contribution is 5.85. The number of rotatable bonds is 7. The summed E-state index contributed by atoms with van der Waals surface area (Å²) >= 11 is 0. The summed E-state index contributed by atoms with van der Waals surface area (Å²) < 4.78 is 86.5. The monoisotopic (exact) mass is 532 g/mol. The van der Waals surface area contributed by atoms with Gasteiger partial charge in [-0.05, 0) is 55.7 Å². The lowest BCUT2D eigenvalue weighted by atomic mass is 9.58. The molecule has 2 aliphatic carbocycles. The second-order valence-electron chi connectivity index (χ2n) is 10.6.